The molecule has 5 heteroatoms. The van der Waals surface area contributed by atoms with Crippen LogP contribution in [0.15, 0.2) is 18.2 Å². The first kappa shape index (κ1) is 14.1. The highest BCUT2D eigenvalue weighted by atomic mass is 35.5. The van der Waals surface area contributed by atoms with Gasteiger partial charge in [0.2, 0.25) is 0 Å². The van der Waals surface area contributed by atoms with Crippen LogP contribution in [0.1, 0.15) is 24.4 Å². The molecule has 2 N–H and O–H groups in total. The molecule has 0 spiro atoms. The highest BCUT2D eigenvalue weighted by Gasteiger charge is 2.19. The van der Waals surface area contributed by atoms with Gasteiger partial charge in [0.25, 0.3) is 0 Å². The number of rotatable bonds is 5. The first-order chi connectivity index (χ1) is 8.70. The highest BCUT2D eigenvalue weighted by Crippen LogP contribution is 2.26. The van der Waals surface area contributed by atoms with E-state index in [-0.39, 0.29) is 18.8 Å². The maximum absolute atomic E-state index is 9.45. The van der Waals surface area contributed by atoms with Gasteiger partial charge in [0, 0.05) is 23.2 Å². The molecule has 0 amide bonds. The summed E-state index contributed by atoms with van der Waals surface area (Å²) in [5.41, 5.74) is 0.863. The zero-order chi connectivity index (χ0) is 13.0. The Balaban J connectivity index is 1.98. The van der Waals surface area contributed by atoms with Crippen molar-refractivity contribution < 1.29 is 9.84 Å². The van der Waals surface area contributed by atoms with Gasteiger partial charge >= 0.3 is 0 Å². The fourth-order valence-corrected chi connectivity index (χ4v) is 2.68. The molecule has 1 saturated heterocycles. The molecular formula is C13H17Cl2NO2. The summed E-state index contributed by atoms with van der Waals surface area (Å²) in [6.07, 6.45) is 2.42. The van der Waals surface area contributed by atoms with E-state index in [9.17, 15) is 5.11 Å². The SMILES string of the molecule is OCC(NCC1CCCO1)c1ccc(Cl)cc1Cl. The number of ether oxygens (including phenoxy) is 1. The van der Waals surface area contributed by atoms with Gasteiger partial charge in [-0.15, -0.1) is 0 Å². The van der Waals surface area contributed by atoms with Gasteiger partial charge in [-0.1, -0.05) is 29.3 Å². The molecule has 0 radical (unpaired) electrons. The van der Waals surface area contributed by atoms with Crippen molar-refractivity contribution in [1.29, 1.82) is 0 Å². The van der Waals surface area contributed by atoms with E-state index in [1.54, 1.807) is 12.1 Å². The minimum absolute atomic E-state index is 0.00588. The standard InChI is InChI=1S/C13H17Cl2NO2/c14-9-3-4-11(12(15)6-9)13(8-17)16-7-10-2-1-5-18-10/h3-4,6,10,13,16-17H,1-2,5,7-8H2. The predicted molar refractivity (Wildman–Crippen MR) is 73.3 cm³/mol. The highest BCUT2D eigenvalue weighted by molar-refractivity contribution is 6.35. The van der Waals surface area contributed by atoms with E-state index < -0.39 is 0 Å². The van der Waals surface area contributed by atoms with Gasteiger partial charge in [0.1, 0.15) is 0 Å². The first-order valence-corrected chi connectivity index (χ1v) is 6.87. The van der Waals surface area contributed by atoms with Crippen molar-refractivity contribution >= 4 is 23.2 Å². The molecule has 18 heavy (non-hydrogen) atoms. The molecule has 100 valence electrons. The van der Waals surface area contributed by atoms with Crippen LogP contribution in [0, 0.1) is 0 Å². The summed E-state index contributed by atoms with van der Waals surface area (Å²) in [4.78, 5) is 0. The normalized spacial score (nSPS) is 21.2. The van der Waals surface area contributed by atoms with Crippen molar-refractivity contribution in [2.24, 2.45) is 0 Å². The zero-order valence-corrected chi connectivity index (χ0v) is 11.5. The molecule has 1 fully saturated rings. The fraction of sp³-hybridized carbons (Fsp3) is 0.538. The van der Waals surface area contributed by atoms with Gasteiger partial charge in [-0.2, -0.15) is 0 Å². The monoisotopic (exact) mass is 289 g/mol. The molecule has 1 aliphatic heterocycles. The van der Waals surface area contributed by atoms with Gasteiger partial charge in [-0.3, -0.25) is 0 Å². The number of benzene rings is 1. The lowest BCUT2D eigenvalue weighted by Crippen LogP contribution is -2.32. The van der Waals surface area contributed by atoms with E-state index in [2.05, 4.69) is 5.32 Å². The van der Waals surface area contributed by atoms with Crippen molar-refractivity contribution in [3.8, 4) is 0 Å². The van der Waals surface area contributed by atoms with Gasteiger partial charge in [-0.25, -0.2) is 0 Å². The van der Waals surface area contributed by atoms with E-state index >= 15 is 0 Å². The number of aliphatic hydroxyl groups excluding tert-OH is 1. The molecule has 0 saturated carbocycles. The summed E-state index contributed by atoms with van der Waals surface area (Å²) < 4.78 is 5.53. The average molecular weight is 290 g/mol. The maximum Gasteiger partial charge on any atom is 0.0700 e. The summed E-state index contributed by atoms with van der Waals surface area (Å²) in [6.45, 7) is 1.55. The zero-order valence-electron chi connectivity index (χ0n) is 10.0. The van der Waals surface area contributed by atoms with Crippen molar-refractivity contribution in [2.75, 3.05) is 19.8 Å². The minimum atomic E-state index is -0.182. The molecule has 2 rings (SSSR count). The predicted octanol–water partition coefficient (Wildman–Crippen LogP) is 2.80. The van der Waals surface area contributed by atoms with E-state index in [0.717, 1.165) is 31.6 Å². The Hall–Kier alpha value is -0.320. The maximum atomic E-state index is 9.45. The lowest BCUT2D eigenvalue weighted by atomic mass is 10.1. The molecule has 2 unspecified atom stereocenters. The Labute approximate surface area is 117 Å². The van der Waals surface area contributed by atoms with Gasteiger partial charge < -0.3 is 15.2 Å². The Morgan fingerprint density at radius 2 is 2.28 bits per heavy atom. The summed E-state index contributed by atoms with van der Waals surface area (Å²) >= 11 is 12.0. The third-order valence-corrected chi connectivity index (χ3v) is 3.70. The molecule has 2 atom stereocenters. The van der Waals surface area contributed by atoms with Crippen molar-refractivity contribution in [3.05, 3.63) is 33.8 Å². The molecule has 0 aromatic heterocycles. The van der Waals surface area contributed by atoms with Gasteiger partial charge in [0.05, 0.1) is 18.8 Å². The van der Waals surface area contributed by atoms with Crippen LogP contribution >= 0.6 is 23.2 Å². The Morgan fingerprint density at radius 3 is 2.89 bits per heavy atom. The topological polar surface area (TPSA) is 41.5 Å². The van der Waals surface area contributed by atoms with Crippen LogP contribution in [-0.2, 0) is 4.74 Å². The van der Waals surface area contributed by atoms with Crippen LogP contribution in [0.25, 0.3) is 0 Å². The molecular weight excluding hydrogens is 273 g/mol. The largest absolute Gasteiger partial charge is 0.394 e. The molecule has 0 bridgehead atoms. The van der Waals surface area contributed by atoms with Crippen LogP contribution < -0.4 is 5.32 Å². The number of halogens is 2. The molecule has 3 nitrogen and oxygen atoms in total. The second-order valence-electron chi connectivity index (χ2n) is 4.44. The van der Waals surface area contributed by atoms with Crippen molar-refractivity contribution in [3.63, 3.8) is 0 Å². The van der Waals surface area contributed by atoms with Crippen LogP contribution in [0.2, 0.25) is 10.0 Å². The van der Waals surface area contributed by atoms with Crippen LogP contribution in [0.3, 0.4) is 0 Å². The van der Waals surface area contributed by atoms with E-state index in [0.29, 0.717) is 10.0 Å². The summed E-state index contributed by atoms with van der Waals surface area (Å²) in [6, 6.07) is 5.13. The van der Waals surface area contributed by atoms with Crippen LogP contribution in [-0.4, -0.2) is 31.0 Å². The van der Waals surface area contributed by atoms with Crippen LogP contribution in [0.5, 0.6) is 0 Å². The van der Waals surface area contributed by atoms with Crippen LogP contribution in [0.4, 0.5) is 0 Å². The lowest BCUT2D eigenvalue weighted by molar-refractivity contribution is 0.104. The third-order valence-electron chi connectivity index (χ3n) is 3.14. The van der Waals surface area contributed by atoms with Gasteiger partial charge in [0.15, 0.2) is 0 Å². The van der Waals surface area contributed by atoms with E-state index in [4.69, 9.17) is 27.9 Å². The second-order valence-corrected chi connectivity index (χ2v) is 5.29. The molecule has 1 aromatic rings. The number of hydrogen-bond acceptors (Lipinski definition) is 3. The van der Waals surface area contributed by atoms with Crippen molar-refractivity contribution in [1.82, 2.24) is 5.32 Å². The molecule has 1 heterocycles. The molecule has 0 aliphatic carbocycles. The van der Waals surface area contributed by atoms with E-state index in [1.807, 2.05) is 6.07 Å². The van der Waals surface area contributed by atoms with Crippen molar-refractivity contribution in [2.45, 2.75) is 25.0 Å². The summed E-state index contributed by atoms with van der Waals surface area (Å²) in [5.74, 6) is 0. The Bertz CT molecular complexity index is 395. The number of hydrogen-bond donors (Lipinski definition) is 2. The number of aliphatic hydroxyl groups is 1. The lowest BCUT2D eigenvalue weighted by Gasteiger charge is -2.20. The fourth-order valence-electron chi connectivity index (χ4n) is 2.14. The molecule has 1 aromatic carbocycles. The third kappa shape index (κ3) is 3.59. The quantitative estimate of drug-likeness (QED) is 0.876. The summed E-state index contributed by atoms with van der Waals surface area (Å²) in [5, 5.41) is 13.9. The average Bonchev–Trinajstić information content (AvgIpc) is 2.85. The Kier molecular flexibility index (Phi) is 5.27. The second kappa shape index (κ2) is 6.73. The number of nitrogens with one attached hydrogen (secondary N) is 1. The van der Waals surface area contributed by atoms with E-state index in [1.165, 1.54) is 0 Å². The molecule has 1 aliphatic rings. The summed E-state index contributed by atoms with van der Waals surface area (Å²) in [7, 11) is 0. The first-order valence-electron chi connectivity index (χ1n) is 6.11. The Morgan fingerprint density at radius 1 is 1.44 bits per heavy atom. The smallest absolute Gasteiger partial charge is 0.0700 e. The minimum Gasteiger partial charge on any atom is -0.394 e. The van der Waals surface area contributed by atoms with Gasteiger partial charge in [-0.05, 0) is 30.5 Å².